The number of primary amides is 1. The Morgan fingerprint density at radius 3 is 2.28 bits per heavy atom. The second-order valence-corrected chi connectivity index (χ2v) is 8.55. The van der Waals surface area contributed by atoms with Crippen LogP contribution >= 0.6 is 0 Å². The highest BCUT2D eigenvalue weighted by atomic mass is 16.4. The number of nitrogens with two attached hydrogens (primary N) is 2. The molecule has 1 aromatic rings. The van der Waals surface area contributed by atoms with E-state index in [1.165, 1.54) is 4.90 Å². The average Bonchev–Trinajstić information content (AvgIpc) is 3.31. The van der Waals surface area contributed by atoms with Crippen molar-refractivity contribution in [3.05, 3.63) is 35.9 Å². The maximum atomic E-state index is 13.5. The third kappa shape index (κ3) is 8.34. The van der Waals surface area contributed by atoms with Crippen LogP contribution in [0.4, 0.5) is 0 Å². The lowest BCUT2D eigenvalue weighted by Gasteiger charge is -2.30. The third-order valence-corrected chi connectivity index (χ3v) is 5.77. The summed E-state index contributed by atoms with van der Waals surface area (Å²) in [4.78, 5) is 73.5. The lowest BCUT2D eigenvalue weighted by Crippen LogP contribution is -2.57. The van der Waals surface area contributed by atoms with Gasteiger partial charge in [0.15, 0.2) is 0 Å². The molecule has 36 heavy (non-hydrogen) atoms. The number of carboxylic acid groups (broad SMARTS) is 2. The van der Waals surface area contributed by atoms with Crippen LogP contribution < -0.4 is 22.1 Å². The molecule has 0 aromatic heterocycles. The van der Waals surface area contributed by atoms with E-state index in [-0.39, 0.29) is 32.2 Å². The number of carbonyl (C=O) groups excluding carboxylic acids is 4. The summed E-state index contributed by atoms with van der Waals surface area (Å²) in [6, 6.07) is 3.96. The summed E-state index contributed by atoms with van der Waals surface area (Å²) < 4.78 is 0. The topological polar surface area (TPSA) is 222 Å². The zero-order valence-corrected chi connectivity index (χ0v) is 19.6. The van der Waals surface area contributed by atoms with E-state index >= 15 is 0 Å². The van der Waals surface area contributed by atoms with Crippen LogP contribution in [0.25, 0.3) is 0 Å². The number of carbonyl (C=O) groups is 6. The Morgan fingerprint density at radius 2 is 1.69 bits per heavy atom. The van der Waals surface area contributed by atoms with Crippen molar-refractivity contribution >= 4 is 35.6 Å². The fourth-order valence-corrected chi connectivity index (χ4v) is 3.90. The maximum absolute atomic E-state index is 13.5. The van der Waals surface area contributed by atoms with Gasteiger partial charge in [-0.05, 0) is 24.8 Å². The van der Waals surface area contributed by atoms with Gasteiger partial charge < -0.3 is 37.2 Å². The smallest absolute Gasteiger partial charge is 0.326 e. The first-order chi connectivity index (χ1) is 17.0. The van der Waals surface area contributed by atoms with Crippen molar-refractivity contribution in [2.75, 3.05) is 6.54 Å². The van der Waals surface area contributed by atoms with E-state index in [1.54, 1.807) is 30.3 Å². The molecular weight excluding hydrogens is 474 g/mol. The number of likely N-dealkylation sites (tertiary alicyclic amines) is 1. The van der Waals surface area contributed by atoms with Gasteiger partial charge in [-0.1, -0.05) is 30.3 Å². The zero-order valence-electron chi connectivity index (χ0n) is 19.6. The van der Waals surface area contributed by atoms with Crippen molar-refractivity contribution in [3.63, 3.8) is 0 Å². The number of nitrogens with one attached hydrogen (secondary N) is 2. The monoisotopic (exact) mass is 505 g/mol. The molecule has 1 aromatic carbocycles. The van der Waals surface area contributed by atoms with Gasteiger partial charge in [-0.15, -0.1) is 0 Å². The van der Waals surface area contributed by atoms with Crippen LogP contribution in [0.2, 0.25) is 0 Å². The molecular formula is C23H31N5O8. The summed E-state index contributed by atoms with van der Waals surface area (Å²) in [7, 11) is 0. The van der Waals surface area contributed by atoms with Crippen molar-refractivity contribution in [2.24, 2.45) is 11.5 Å². The number of aliphatic carboxylic acids is 2. The molecule has 0 radical (unpaired) electrons. The van der Waals surface area contributed by atoms with Crippen LogP contribution in [0.5, 0.6) is 0 Å². The number of rotatable bonds is 13. The maximum Gasteiger partial charge on any atom is 0.326 e. The lowest BCUT2D eigenvalue weighted by atomic mass is 10.0. The summed E-state index contributed by atoms with van der Waals surface area (Å²) >= 11 is 0. The van der Waals surface area contributed by atoms with Crippen LogP contribution in [-0.4, -0.2) is 81.4 Å². The van der Waals surface area contributed by atoms with Crippen molar-refractivity contribution in [3.8, 4) is 0 Å². The second-order valence-electron chi connectivity index (χ2n) is 8.55. The second kappa shape index (κ2) is 13.2. The highest BCUT2D eigenvalue weighted by molar-refractivity contribution is 5.95. The van der Waals surface area contributed by atoms with Crippen molar-refractivity contribution in [2.45, 2.75) is 62.7 Å². The standard InChI is InChI=1S/C23H31N5O8/c24-14(8-9-18(25)29)20(32)26-15(11-13-5-2-1-3-6-13)22(34)28-10-4-7-17(28)21(33)27-16(23(35)36)12-19(30)31/h1-3,5-6,14-17H,4,7-12,24H2,(H2,25,29)(H,26,32)(H,27,33)(H,30,31)(H,35,36). The highest BCUT2D eigenvalue weighted by Crippen LogP contribution is 2.20. The van der Waals surface area contributed by atoms with Gasteiger partial charge in [0.25, 0.3) is 0 Å². The largest absolute Gasteiger partial charge is 0.481 e. The Labute approximate surface area is 207 Å². The van der Waals surface area contributed by atoms with Crippen LogP contribution in [0.15, 0.2) is 30.3 Å². The number of hydrogen-bond acceptors (Lipinski definition) is 7. The fourth-order valence-electron chi connectivity index (χ4n) is 3.90. The predicted octanol–water partition coefficient (Wildman–Crippen LogP) is -1.66. The van der Waals surface area contributed by atoms with Crippen molar-refractivity contribution in [1.82, 2.24) is 15.5 Å². The quantitative estimate of drug-likeness (QED) is 0.180. The molecule has 1 aliphatic heterocycles. The van der Waals surface area contributed by atoms with Gasteiger partial charge in [-0.2, -0.15) is 0 Å². The number of amides is 4. The van der Waals surface area contributed by atoms with Gasteiger partial charge in [0, 0.05) is 19.4 Å². The number of carboxylic acids is 2. The minimum Gasteiger partial charge on any atom is -0.481 e. The van der Waals surface area contributed by atoms with E-state index < -0.39 is 66.2 Å². The molecule has 1 aliphatic rings. The van der Waals surface area contributed by atoms with Gasteiger partial charge in [-0.25, -0.2) is 4.79 Å². The molecule has 0 aliphatic carbocycles. The first-order valence-corrected chi connectivity index (χ1v) is 11.4. The molecule has 8 N–H and O–H groups in total. The molecule has 4 unspecified atom stereocenters. The zero-order chi connectivity index (χ0) is 26.8. The summed E-state index contributed by atoms with van der Waals surface area (Å²) in [5.74, 6) is -5.57. The summed E-state index contributed by atoms with van der Waals surface area (Å²) in [6.07, 6.45) is -0.164. The van der Waals surface area contributed by atoms with Gasteiger partial charge in [-0.3, -0.25) is 24.0 Å². The first-order valence-electron chi connectivity index (χ1n) is 11.4. The molecule has 0 spiro atoms. The Hall–Kier alpha value is -4.00. The van der Waals surface area contributed by atoms with Gasteiger partial charge in [0.05, 0.1) is 12.5 Å². The predicted molar refractivity (Wildman–Crippen MR) is 125 cm³/mol. The molecule has 1 fully saturated rings. The summed E-state index contributed by atoms with van der Waals surface area (Å²) in [5.41, 5.74) is 11.7. The molecule has 196 valence electrons. The minimum atomic E-state index is -1.66. The Morgan fingerprint density at radius 1 is 1.03 bits per heavy atom. The average molecular weight is 506 g/mol. The van der Waals surface area contributed by atoms with Crippen molar-refractivity contribution < 1.29 is 39.0 Å². The van der Waals surface area contributed by atoms with Crippen LogP contribution in [0.3, 0.4) is 0 Å². The lowest BCUT2D eigenvalue weighted by molar-refractivity contribution is -0.148. The number of nitrogens with zero attached hydrogens (tertiary/aromatic N) is 1. The molecule has 4 amide bonds. The van der Waals surface area contributed by atoms with Gasteiger partial charge >= 0.3 is 11.9 Å². The number of hydrogen-bond donors (Lipinski definition) is 6. The molecule has 13 heteroatoms. The van der Waals surface area contributed by atoms with Crippen LogP contribution in [0.1, 0.15) is 37.7 Å². The van der Waals surface area contributed by atoms with E-state index in [4.69, 9.17) is 16.6 Å². The minimum absolute atomic E-state index is 0.0116. The van der Waals surface area contributed by atoms with E-state index in [0.29, 0.717) is 6.42 Å². The molecule has 0 saturated carbocycles. The first kappa shape index (κ1) is 28.2. The third-order valence-electron chi connectivity index (χ3n) is 5.77. The number of benzene rings is 1. The molecule has 1 heterocycles. The van der Waals surface area contributed by atoms with Gasteiger partial charge in [0.2, 0.25) is 23.6 Å². The SMILES string of the molecule is NC(=O)CCC(N)C(=O)NC(Cc1ccccc1)C(=O)N1CCCC1C(=O)NC(CC(=O)O)C(=O)O. The van der Waals surface area contributed by atoms with E-state index in [0.717, 1.165) is 5.56 Å². The Kier molecular flexibility index (Phi) is 10.3. The highest BCUT2D eigenvalue weighted by Gasteiger charge is 2.39. The molecule has 0 bridgehead atoms. The van der Waals surface area contributed by atoms with Crippen LogP contribution in [-0.2, 0) is 35.2 Å². The van der Waals surface area contributed by atoms with E-state index in [2.05, 4.69) is 10.6 Å². The Bertz CT molecular complexity index is 986. The molecule has 2 rings (SSSR count). The normalized spacial score (nSPS) is 17.5. The fraction of sp³-hybridized carbons (Fsp3) is 0.478. The van der Waals surface area contributed by atoms with E-state index in [1.807, 2.05) is 0 Å². The van der Waals surface area contributed by atoms with Gasteiger partial charge in [0.1, 0.15) is 18.1 Å². The summed E-state index contributed by atoms with van der Waals surface area (Å²) in [6.45, 7) is 0.183. The summed E-state index contributed by atoms with van der Waals surface area (Å²) in [5, 5.41) is 22.9. The molecule has 4 atom stereocenters. The van der Waals surface area contributed by atoms with E-state index in [9.17, 15) is 33.9 Å². The van der Waals surface area contributed by atoms with Crippen LogP contribution in [0, 0.1) is 0 Å². The molecule has 13 nitrogen and oxygen atoms in total. The Balaban J connectivity index is 2.20. The molecule has 1 saturated heterocycles. The van der Waals surface area contributed by atoms with Crippen molar-refractivity contribution in [1.29, 1.82) is 0 Å².